The molecule has 0 saturated carbocycles. The van der Waals surface area contributed by atoms with E-state index >= 15 is 0 Å². The summed E-state index contributed by atoms with van der Waals surface area (Å²) >= 11 is 0. The van der Waals surface area contributed by atoms with Gasteiger partial charge in [-0.1, -0.05) is 212 Å². The molecule has 6 heterocycles. The van der Waals surface area contributed by atoms with Crippen molar-refractivity contribution in [3.8, 4) is 114 Å². The molecule has 10 nitrogen and oxygen atoms in total. The number of nitriles is 2. The van der Waals surface area contributed by atoms with Gasteiger partial charge in [0, 0.05) is 76.7 Å². The van der Waals surface area contributed by atoms with Crippen molar-refractivity contribution in [2.75, 3.05) is 0 Å². The molecule has 20 rings (SSSR count). The van der Waals surface area contributed by atoms with Crippen molar-refractivity contribution in [1.82, 2.24) is 38.2 Å². The molecule has 0 spiro atoms. The largest absolute Gasteiger partial charge is 0.309 e. The normalized spacial score (nSPS) is 11.6. The van der Waals surface area contributed by atoms with Crippen LogP contribution in [0.4, 0.5) is 0 Å². The second kappa shape index (κ2) is 24.1. The van der Waals surface area contributed by atoms with Crippen molar-refractivity contribution in [2.24, 2.45) is 0 Å². The Morgan fingerprint density at radius 2 is 0.452 bits per heavy atom. The molecule has 0 unspecified atom stereocenters. The van der Waals surface area contributed by atoms with Gasteiger partial charge in [0.15, 0.2) is 0 Å². The second-order valence-corrected chi connectivity index (χ2v) is 26.4. The minimum atomic E-state index is 0.564. The van der Waals surface area contributed by atoms with E-state index in [4.69, 9.17) is 19.9 Å². The third-order valence-corrected chi connectivity index (χ3v) is 20.5. The molecule has 0 saturated heterocycles. The van der Waals surface area contributed by atoms with Crippen molar-refractivity contribution in [2.45, 2.75) is 0 Å². The highest BCUT2D eigenvalue weighted by atomic mass is 15.2. The van der Waals surface area contributed by atoms with Crippen molar-refractivity contribution in [3.63, 3.8) is 0 Å². The standard InChI is InChI=1S/C94H56N10/c95-57-59-32-36-64(37-33-59)83-55-81(62-20-6-2-7-21-62)97-93(99-83)103-87-30-16-12-26-75(87)79-52-68(42-46-91(79)103)66-40-44-89-77(50-66)73-24-10-14-28-85(73)101(89)71-48-70(61-18-4-1-5-19-61)49-72(54-71)102-86-29-15-11-25-74(86)78-51-67(41-45-90(78)102)69-43-47-92-80(53-69)76-27-13-17-31-88(76)104(92)94-98-82(63-22-8-3-9-23-63)56-84(100-94)65-38-34-60(58-96)35-39-65/h1-56H. The van der Waals surface area contributed by atoms with Crippen LogP contribution in [0.3, 0.4) is 0 Å². The van der Waals surface area contributed by atoms with Crippen LogP contribution in [0, 0.1) is 22.7 Å². The first-order chi connectivity index (χ1) is 51.4. The van der Waals surface area contributed by atoms with Gasteiger partial charge in [0.25, 0.3) is 0 Å². The van der Waals surface area contributed by atoms with Gasteiger partial charge < -0.3 is 9.13 Å². The minimum Gasteiger partial charge on any atom is -0.309 e. The smallest absolute Gasteiger partial charge is 0.235 e. The molecule has 0 bridgehead atoms. The van der Waals surface area contributed by atoms with Gasteiger partial charge in [-0.05, 0) is 161 Å². The molecule has 20 aromatic rings. The molecule has 0 atom stereocenters. The lowest BCUT2D eigenvalue weighted by atomic mass is 10.0. The van der Waals surface area contributed by atoms with Crippen LogP contribution in [0.2, 0.25) is 0 Å². The van der Waals surface area contributed by atoms with E-state index in [1.807, 2.05) is 97.1 Å². The fourth-order valence-electron chi connectivity index (χ4n) is 15.6. The Labute approximate surface area is 597 Å². The summed E-state index contributed by atoms with van der Waals surface area (Å²) in [5.74, 6) is 1.13. The monoisotopic (exact) mass is 1320 g/mol. The molecular formula is C94H56N10. The first kappa shape index (κ1) is 59.5. The quantitative estimate of drug-likeness (QED) is 0.127. The summed E-state index contributed by atoms with van der Waals surface area (Å²) in [5, 5.41) is 28.3. The maximum atomic E-state index is 9.65. The van der Waals surface area contributed by atoms with Gasteiger partial charge in [-0.15, -0.1) is 0 Å². The summed E-state index contributed by atoms with van der Waals surface area (Å²) in [5.41, 5.74) is 25.3. The van der Waals surface area contributed by atoms with Crippen molar-refractivity contribution in [3.05, 3.63) is 351 Å². The Morgan fingerprint density at radius 3 is 0.779 bits per heavy atom. The molecule has 0 radical (unpaired) electrons. The summed E-state index contributed by atoms with van der Waals surface area (Å²) in [6.45, 7) is 0. The number of fused-ring (bicyclic) bond motifs is 12. The highest BCUT2D eigenvalue weighted by molar-refractivity contribution is 6.15. The maximum Gasteiger partial charge on any atom is 0.235 e. The van der Waals surface area contributed by atoms with E-state index in [1.165, 1.54) is 0 Å². The number of benzene rings is 14. The van der Waals surface area contributed by atoms with Gasteiger partial charge in [0.2, 0.25) is 11.9 Å². The van der Waals surface area contributed by atoms with Crippen LogP contribution >= 0.6 is 0 Å². The van der Waals surface area contributed by atoms with E-state index in [2.05, 4.69) is 273 Å². The topological polar surface area (TPSA) is 119 Å². The van der Waals surface area contributed by atoms with E-state index in [1.54, 1.807) is 0 Å². The third-order valence-electron chi connectivity index (χ3n) is 20.5. The summed E-state index contributed by atoms with van der Waals surface area (Å²) in [6, 6.07) is 124. The number of aromatic nitrogens is 8. The lowest BCUT2D eigenvalue weighted by Gasteiger charge is -2.16. The van der Waals surface area contributed by atoms with Crippen LogP contribution in [0.5, 0.6) is 0 Å². The molecule has 0 amide bonds. The lowest BCUT2D eigenvalue weighted by Crippen LogP contribution is -2.04. The number of hydrogen-bond donors (Lipinski definition) is 0. The molecule has 0 aliphatic carbocycles. The first-order valence-corrected chi connectivity index (χ1v) is 34.7. The summed E-state index contributed by atoms with van der Waals surface area (Å²) < 4.78 is 9.25. The zero-order valence-electron chi connectivity index (χ0n) is 55.8. The van der Waals surface area contributed by atoms with Crippen molar-refractivity contribution in [1.29, 1.82) is 10.5 Å². The van der Waals surface area contributed by atoms with Crippen molar-refractivity contribution < 1.29 is 0 Å². The summed E-state index contributed by atoms with van der Waals surface area (Å²) in [4.78, 5) is 21.1. The van der Waals surface area contributed by atoms with Crippen LogP contribution in [-0.4, -0.2) is 38.2 Å². The Hall–Kier alpha value is -14.6. The van der Waals surface area contributed by atoms with E-state index in [9.17, 15) is 10.5 Å². The molecule has 6 aromatic heterocycles. The van der Waals surface area contributed by atoms with Gasteiger partial charge in [-0.2, -0.15) is 10.5 Å². The minimum absolute atomic E-state index is 0.564. The fourth-order valence-corrected chi connectivity index (χ4v) is 15.6. The van der Waals surface area contributed by atoms with Gasteiger partial charge in [-0.3, -0.25) is 9.13 Å². The molecule has 482 valence electrons. The molecule has 10 heteroatoms. The number of para-hydroxylation sites is 4. The predicted octanol–water partition coefficient (Wildman–Crippen LogP) is 23.1. The Kier molecular flexibility index (Phi) is 13.8. The maximum absolute atomic E-state index is 9.65. The van der Waals surface area contributed by atoms with E-state index in [-0.39, 0.29) is 0 Å². The molecule has 0 aliphatic rings. The molecule has 0 N–H and O–H groups in total. The zero-order chi connectivity index (χ0) is 68.9. The van der Waals surface area contributed by atoms with Crippen LogP contribution < -0.4 is 0 Å². The Balaban J connectivity index is 0.701. The van der Waals surface area contributed by atoms with Gasteiger partial charge in [-0.25, -0.2) is 19.9 Å². The number of hydrogen-bond acceptors (Lipinski definition) is 6. The second-order valence-electron chi connectivity index (χ2n) is 26.4. The first-order valence-electron chi connectivity index (χ1n) is 34.7. The van der Waals surface area contributed by atoms with Gasteiger partial charge >= 0.3 is 0 Å². The van der Waals surface area contributed by atoms with E-state index in [0.29, 0.717) is 23.0 Å². The van der Waals surface area contributed by atoms with E-state index < -0.39 is 0 Å². The van der Waals surface area contributed by atoms with Gasteiger partial charge in [0.05, 0.1) is 90.2 Å². The number of rotatable bonds is 11. The third kappa shape index (κ3) is 9.85. The van der Waals surface area contributed by atoms with Crippen LogP contribution in [-0.2, 0) is 0 Å². The van der Waals surface area contributed by atoms with Crippen LogP contribution in [0.15, 0.2) is 340 Å². The average molecular weight is 1330 g/mol. The zero-order valence-corrected chi connectivity index (χ0v) is 55.8. The molecule has 14 aromatic carbocycles. The average Bonchev–Trinajstić information content (AvgIpc) is 1.59. The van der Waals surface area contributed by atoms with Gasteiger partial charge in [0.1, 0.15) is 0 Å². The van der Waals surface area contributed by atoms with Crippen LogP contribution in [0.1, 0.15) is 11.1 Å². The fraction of sp³-hybridized carbons (Fsp3) is 0. The van der Waals surface area contributed by atoms with Crippen molar-refractivity contribution >= 4 is 87.2 Å². The molecule has 0 fully saturated rings. The highest BCUT2D eigenvalue weighted by Gasteiger charge is 2.24. The summed E-state index contributed by atoms with van der Waals surface area (Å²) in [6.07, 6.45) is 0. The molecular weight excluding hydrogens is 1270 g/mol. The molecule has 0 aliphatic heterocycles. The summed E-state index contributed by atoms with van der Waals surface area (Å²) in [7, 11) is 0. The predicted molar refractivity (Wildman–Crippen MR) is 422 cm³/mol. The van der Waals surface area contributed by atoms with Crippen LogP contribution in [0.25, 0.3) is 189 Å². The Morgan fingerprint density at radius 1 is 0.192 bits per heavy atom. The number of nitrogens with zero attached hydrogens (tertiary/aromatic N) is 10. The Bertz CT molecular complexity index is 6570. The SMILES string of the molecule is N#Cc1ccc(-c2cc(-c3ccccc3)nc(-n3c4ccccc4c4cc(-c5ccc6c(c5)c5ccccc5n6-c5cc(-c6ccccc6)cc(-n6c7ccccc7c7cc(-c8ccc9c(c8)c8ccccc8n9-c8nc(-c9ccccc9)cc(-c9ccc(C#N)cc9)n8)ccc76)c5)ccc43)n2)cc1. The highest BCUT2D eigenvalue weighted by Crippen LogP contribution is 2.44. The molecule has 104 heavy (non-hydrogen) atoms. The van der Waals surface area contributed by atoms with E-state index in [0.717, 1.165) is 177 Å². The lowest BCUT2D eigenvalue weighted by molar-refractivity contribution is 0.995.